The minimum atomic E-state index is -3.90. The SMILES string of the molecule is Cc1cc(C2CC(C(=O)Nc3ccc(F)c(Cl)c3)N(C)S(=O)(=O)N2)sc1-c1cnn(C)c1. The number of anilines is 1. The van der Waals surface area contributed by atoms with Gasteiger partial charge in [-0.15, -0.1) is 11.3 Å². The molecule has 4 rings (SSSR count). The van der Waals surface area contributed by atoms with Crippen LogP contribution in [0.1, 0.15) is 22.9 Å². The topological polar surface area (TPSA) is 96.3 Å². The molecule has 8 nitrogen and oxygen atoms in total. The summed E-state index contributed by atoms with van der Waals surface area (Å²) in [7, 11) is -0.720. The van der Waals surface area contributed by atoms with Crippen LogP contribution in [0.25, 0.3) is 10.4 Å². The molecular weight excluding hydrogens is 477 g/mol. The number of hydrogen-bond acceptors (Lipinski definition) is 5. The first-order chi connectivity index (χ1) is 15.0. The lowest BCUT2D eigenvalue weighted by Crippen LogP contribution is -2.55. The van der Waals surface area contributed by atoms with Crippen LogP contribution in [0, 0.1) is 12.7 Å². The Morgan fingerprint density at radius 3 is 2.75 bits per heavy atom. The number of amides is 1. The van der Waals surface area contributed by atoms with Crippen molar-refractivity contribution in [1.29, 1.82) is 0 Å². The normalized spacial score (nSPS) is 20.9. The number of benzene rings is 1. The lowest BCUT2D eigenvalue weighted by atomic mass is 10.0. The van der Waals surface area contributed by atoms with Gasteiger partial charge >= 0.3 is 0 Å². The van der Waals surface area contributed by atoms with Crippen LogP contribution in [0.2, 0.25) is 5.02 Å². The molecule has 1 saturated heterocycles. The summed E-state index contributed by atoms with van der Waals surface area (Å²) in [6, 6.07) is 4.19. The van der Waals surface area contributed by atoms with E-state index in [-0.39, 0.29) is 17.1 Å². The first-order valence-corrected chi connectivity index (χ1v) is 12.3. The molecule has 3 heterocycles. The van der Waals surface area contributed by atoms with Gasteiger partial charge in [0.15, 0.2) is 0 Å². The van der Waals surface area contributed by atoms with Crippen molar-refractivity contribution in [1.82, 2.24) is 18.8 Å². The highest BCUT2D eigenvalue weighted by atomic mass is 35.5. The van der Waals surface area contributed by atoms with Gasteiger partial charge in [-0.1, -0.05) is 11.6 Å². The van der Waals surface area contributed by atoms with Crippen LogP contribution in [0.4, 0.5) is 10.1 Å². The van der Waals surface area contributed by atoms with Gasteiger partial charge in [0.05, 0.1) is 17.3 Å². The van der Waals surface area contributed by atoms with Crippen molar-refractivity contribution in [2.75, 3.05) is 12.4 Å². The number of likely N-dealkylation sites (N-methyl/N-ethyl adjacent to an activating group) is 1. The fourth-order valence-corrected chi connectivity index (χ4v) is 6.33. The first-order valence-electron chi connectivity index (χ1n) is 9.65. The van der Waals surface area contributed by atoms with E-state index in [2.05, 4.69) is 15.1 Å². The summed E-state index contributed by atoms with van der Waals surface area (Å²) in [6.07, 6.45) is 3.87. The summed E-state index contributed by atoms with van der Waals surface area (Å²) >= 11 is 7.25. The van der Waals surface area contributed by atoms with E-state index in [9.17, 15) is 17.6 Å². The summed E-state index contributed by atoms with van der Waals surface area (Å²) in [5, 5.41) is 6.69. The summed E-state index contributed by atoms with van der Waals surface area (Å²) < 4.78 is 44.3. The van der Waals surface area contributed by atoms with Gasteiger partial charge < -0.3 is 5.32 Å². The van der Waals surface area contributed by atoms with Gasteiger partial charge in [0.1, 0.15) is 11.9 Å². The van der Waals surface area contributed by atoms with E-state index in [1.807, 2.05) is 26.2 Å². The molecule has 1 aliphatic heterocycles. The molecule has 0 aliphatic carbocycles. The third-order valence-electron chi connectivity index (χ3n) is 5.31. The van der Waals surface area contributed by atoms with Crippen molar-refractivity contribution in [2.24, 2.45) is 7.05 Å². The molecule has 1 aliphatic rings. The molecule has 0 radical (unpaired) electrons. The van der Waals surface area contributed by atoms with Gasteiger partial charge in [-0.25, -0.2) is 4.39 Å². The van der Waals surface area contributed by atoms with Crippen molar-refractivity contribution in [3.8, 4) is 10.4 Å². The van der Waals surface area contributed by atoms with E-state index in [1.165, 1.54) is 30.5 Å². The molecule has 170 valence electrons. The van der Waals surface area contributed by atoms with E-state index >= 15 is 0 Å². The third kappa shape index (κ3) is 4.44. The zero-order valence-electron chi connectivity index (χ0n) is 17.5. The number of carbonyl (C=O) groups is 1. The fraction of sp³-hybridized carbons (Fsp3) is 0.300. The Morgan fingerprint density at radius 2 is 2.09 bits per heavy atom. The Balaban J connectivity index is 1.60. The highest BCUT2D eigenvalue weighted by Crippen LogP contribution is 2.38. The molecule has 32 heavy (non-hydrogen) atoms. The zero-order valence-corrected chi connectivity index (χ0v) is 19.9. The van der Waals surface area contributed by atoms with Gasteiger partial charge in [0.25, 0.3) is 10.2 Å². The summed E-state index contributed by atoms with van der Waals surface area (Å²) in [5.41, 5.74) is 2.23. The van der Waals surface area contributed by atoms with Crippen molar-refractivity contribution < 1.29 is 17.6 Å². The molecule has 0 saturated carbocycles. The van der Waals surface area contributed by atoms with Crippen LogP contribution in [0.5, 0.6) is 0 Å². The van der Waals surface area contributed by atoms with E-state index in [0.717, 1.165) is 31.3 Å². The minimum absolute atomic E-state index is 0.135. The molecule has 2 N–H and O–H groups in total. The zero-order chi connectivity index (χ0) is 23.2. The third-order valence-corrected chi connectivity index (χ3v) is 8.59. The molecule has 3 aromatic rings. The second-order valence-electron chi connectivity index (χ2n) is 7.62. The molecule has 1 aromatic carbocycles. The number of nitrogens with zero attached hydrogens (tertiary/aromatic N) is 3. The largest absolute Gasteiger partial charge is 0.325 e. The summed E-state index contributed by atoms with van der Waals surface area (Å²) in [4.78, 5) is 14.7. The van der Waals surface area contributed by atoms with Gasteiger partial charge in [0, 0.05) is 41.3 Å². The van der Waals surface area contributed by atoms with Crippen molar-refractivity contribution in [2.45, 2.75) is 25.4 Å². The fourth-order valence-electron chi connectivity index (χ4n) is 3.60. The smallest absolute Gasteiger partial charge is 0.280 e. The number of aromatic nitrogens is 2. The summed E-state index contributed by atoms with van der Waals surface area (Å²) in [5.74, 6) is -1.13. The Kier molecular flexibility index (Phi) is 6.12. The van der Waals surface area contributed by atoms with E-state index in [1.54, 1.807) is 10.9 Å². The average Bonchev–Trinajstić information content (AvgIpc) is 3.32. The Hall–Kier alpha value is -2.31. The highest BCUT2D eigenvalue weighted by Gasteiger charge is 2.41. The van der Waals surface area contributed by atoms with Crippen LogP contribution in [0.3, 0.4) is 0 Å². The molecule has 2 aromatic heterocycles. The van der Waals surface area contributed by atoms with Gasteiger partial charge in [-0.2, -0.15) is 22.5 Å². The van der Waals surface area contributed by atoms with Crippen molar-refractivity contribution >= 4 is 44.7 Å². The minimum Gasteiger partial charge on any atom is -0.325 e. The maximum Gasteiger partial charge on any atom is 0.280 e. The molecule has 2 unspecified atom stereocenters. The number of aryl methyl sites for hydroxylation is 2. The number of hydrogen-bond donors (Lipinski definition) is 2. The molecule has 12 heteroatoms. The average molecular weight is 498 g/mol. The quantitative estimate of drug-likeness (QED) is 0.577. The number of carbonyl (C=O) groups excluding carboxylic acids is 1. The molecule has 1 amide bonds. The number of thiophene rings is 1. The maximum absolute atomic E-state index is 13.4. The number of rotatable bonds is 4. The Morgan fingerprint density at radius 1 is 1.34 bits per heavy atom. The van der Waals surface area contributed by atoms with E-state index in [0.29, 0.717) is 0 Å². The van der Waals surface area contributed by atoms with Crippen LogP contribution in [-0.2, 0) is 22.1 Å². The van der Waals surface area contributed by atoms with E-state index in [4.69, 9.17) is 11.6 Å². The second-order valence-corrected chi connectivity index (χ2v) is 10.9. The molecule has 2 atom stereocenters. The lowest BCUT2D eigenvalue weighted by Gasteiger charge is -2.35. The summed E-state index contributed by atoms with van der Waals surface area (Å²) in [6.45, 7) is 1.95. The molecular formula is C20H21ClFN5O3S2. The second kappa shape index (κ2) is 8.56. The number of nitrogens with one attached hydrogen (secondary N) is 2. The van der Waals surface area contributed by atoms with E-state index < -0.39 is 34.0 Å². The predicted octanol–water partition coefficient (Wildman–Crippen LogP) is 3.47. The molecule has 1 fully saturated rings. The van der Waals surface area contributed by atoms with Crippen molar-refractivity contribution in [3.63, 3.8) is 0 Å². The van der Waals surface area contributed by atoms with Gasteiger partial charge in [-0.3, -0.25) is 9.48 Å². The van der Waals surface area contributed by atoms with Crippen LogP contribution >= 0.6 is 22.9 Å². The predicted molar refractivity (Wildman–Crippen MR) is 122 cm³/mol. The highest BCUT2D eigenvalue weighted by molar-refractivity contribution is 7.87. The Labute approximate surface area is 194 Å². The monoisotopic (exact) mass is 497 g/mol. The van der Waals surface area contributed by atoms with Crippen LogP contribution in [0.15, 0.2) is 36.7 Å². The standard InChI is InChI=1S/C20H21ClFN5O3S2/c1-11-6-18(31-19(11)12-9-23-26(2)10-12)16-8-17(27(3)32(29,30)25-16)20(28)24-13-4-5-15(22)14(21)7-13/h4-7,9-10,16-17,25H,8H2,1-3H3,(H,24,28). The van der Waals surface area contributed by atoms with Gasteiger partial charge in [-0.05, 0) is 43.2 Å². The first kappa shape index (κ1) is 22.9. The van der Waals surface area contributed by atoms with Crippen LogP contribution in [-0.4, -0.2) is 41.5 Å². The van der Waals surface area contributed by atoms with Crippen LogP contribution < -0.4 is 10.0 Å². The van der Waals surface area contributed by atoms with Gasteiger partial charge in [0.2, 0.25) is 5.91 Å². The lowest BCUT2D eigenvalue weighted by molar-refractivity contribution is -0.120. The number of halogens is 2. The Bertz CT molecular complexity index is 1290. The maximum atomic E-state index is 13.4. The molecule has 0 bridgehead atoms. The van der Waals surface area contributed by atoms with Crippen molar-refractivity contribution in [3.05, 3.63) is 57.9 Å². The molecule has 0 spiro atoms.